The van der Waals surface area contributed by atoms with E-state index in [9.17, 15) is 4.21 Å². The molecule has 0 aromatic carbocycles. The minimum absolute atomic E-state index is 0.193. The molecular formula is C6H11NOS. The van der Waals surface area contributed by atoms with Gasteiger partial charge in [0.1, 0.15) is 0 Å². The maximum absolute atomic E-state index is 10.9. The van der Waals surface area contributed by atoms with Crippen LogP contribution in [0.4, 0.5) is 0 Å². The Hall–Kier alpha value is -0.360. The fourth-order valence-corrected chi connectivity index (χ4v) is 1.15. The first-order chi connectivity index (χ1) is 4.18. The minimum Gasteiger partial charge on any atom is -0.259 e. The van der Waals surface area contributed by atoms with Crippen molar-refractivity contribution in [3.05, 3.63) is 0 Å². The highest BCUT2D eigenvalue weighted by Crippen LogP contribution is 1.94. The standard InChI is InChI=1S/C6H11NOS/c1-6(2)9(8)5-3-4-7/h6H,3,5H2,1-2H3. The zero-order valence-corrected chi connectivity index (χ0v) is 6.57. The van der Waals surface area contributed by atoms with E-state index in [0.29, 0.717) is 12.2 Å². The second-order valence-corrected chi connectivity index (χ2v) is 4.15. The third kappa shape index (κ3) is 4.16. The lowest BCUT2D eigenvalue weighted by Crippen LogP contribution is -2.08. The van der Waals surface area contributed by atoms with Crippen molar-refractivity contribution >= 4 is 10.8 Å². The first kappa shape index (κ1) is 8.64. The van der Waals surface area contributed by atoms with E-state index in [4.69, 9.17) is 5.26 Å². The molecule has 3 heteroatoms. The van der Waals surface area contributed by atoms with Gasteiger partial charge in [0, 0.05) is 28.2 Å². The van der Waals surface area contributed by atoms with E-state index in [0.717, 1.165) is 0 Å². The minimum atomic E-state index is -0.794. The van der Waals surface area contributed by atoms with Crippen molar-refractivity contribution in [1.82, 2.24) is 0 Å². The predicted molar refractivity (Wildman–Crippen MR) is 38.4 cm³/mol. The molecule has 1 atom stereocenters. The summed E-state index contributed by atoms with van der Waals surface area (Å²) in [7, 11) is -0.794. The smallest absolute Gasteiger partial charge is 0.0631 e. The lowest BCUT2D eigenvalue weighted by atomic mass is 10.5. The van der Waals surface area contributed by atoms with E-state index in [2.05, 4.69) is 0 Å². The molecule has 0 aliphatic heterocycles. The first-order valence-electron chi connectivity index (χ1n) is 2.92. The summed E-state index contributed by atoms with van der Waals surface area (Å²) in [5, 5.41) is 8.31. The van der Waals surface area contributed by atoms with Gasteiger partial charge in [0.25, 0.3) is 0 Å². The number of nitriles is 1. The van der Waals surface area contributed by atoms with Crippen molar-refractivity contribution in [1.29, 1.82) is 5.26 Å². The molecule has 0 N–H and O–H groups in total. The van der Waals surface area contributed by atoms with Crippen molar-refractivity contribution in [2.24, 2.45) is 0 Å². The molecule has 0 fully saturated rings. The summed E-state index contributed by atoms with van der Waals surface area (Å²) in [5.74, 6) is 0.522. The van der Waals surface area contributed by atoms with Crippen LogP contribution in [-0.4, -0.2) is 15.2 Å². The Kier molecular flexibility index (Phi) is 4.33. The van der Waals surface area contributed by atoms with Crippen LogP contribution in [0.5, 0.6) is 0 Å². The van der Waals surface area contributed by atoms with E-state index >= 15 is 0 Å². The van der Waals surface area contributed by atoms with Crippen LogP contribution in [-0.2, 0) is 10.8 Å². The van der Waals surface area contributed by atoms with Gasteiger partial charge in [0.2, 0.25) is 0 Å². The molecule has 0 rings (SSSR count). The van der Waals surface area contributed by atoms with Gasteiger partial charge in [-0.15, -0.1) is 0 Å². The molecule has 0 amide bonds. The van der Waals surface area contributed by atoms with Gasteiger partial charge in [-0.2, -0.15) is 5.26 Å². The van der Waals surface area contributed by atoms with Crippen LogP contribution in [0.25, 0.3) is 0 Å². The number of nitrogens with zero attached hydrogens (tertiary/aromatic N) is 1. The van der Waals surface area contributed by atoms with Crippen LogP contribution in [0.15, 0.2) is 0 Å². The fourth-order valence-electron chi connectivity index (χ4n) is 0.382. The van der Waals surface area contributed by atoms with Crippen molar-refractivity contribution < 1.29 is 4.21 Å². The van der Waals surface area contributed by atoms with E-state index < -0.39 is 10.8 Å². The average Bonchev–Trinajstić information content (AvgIpc) is 1.82. The zero-order valence-electron chi connectivity index (χ0n) is 5.76. The molecule has 0 saturated carbocycles. The Labute approximate surface area is 58.3 Å². The molecule has 0 spiro atoms. The third-order valence-electron chi connectivity index (χ3n) is 0.941. The summed E-state index contributed by atoms with van der Waals surface area (Å²) in [6.07, 6.45) is 0.408. The van der Waals surface area contributed by atoms with Gasteiger partial charge in [-0.1, -0.05) is 13.8 Å². The maximum atomic E-state index is 10.9. The Morgan fingerprint density at radius 3 is 2.56 bits per heavy atom. The third-order valence-corrected chi connectivity index (χ3v) is 2.60. The predicted octanol–water partition coefficient (Wildman–Crippen LogP) is 1.06. The van der Waals surface area contributed by atoms with Gasteiger partial charge in [-0.05, 0) is 0 Å². The summed E-state index contributed by atoms with van der Waals surface area (Å²) in [5.41, 5.74) is 0. The Bertz CT molecular complexity index is 136. The van der Waals surface area contributed by atoms with Crippen LogP contribution >= 0.6 is 0 Å². The van der Waals surface area contributed by atoms with Crippen LogP contribution in [0.3, 0.4) is 0 Å². The lowest BCUT2D eigenvalue weighted by Gasteiger charge is -2.00. The average molecular weight is 145 g/mol. The van der Waals surface area contributed by atoms with Crippen LogP contribution in [0.2, 0.25) is 0 Å². The van der Waals surface area contributed by atoms with Gasteiger partial charge < -0.3 is 0 Å². The Balaban J connectivity index is 3.42. The van der Waals surface area contributed by atoms with Crippen molar-refractivity contribution in [3.8, 4) is 6.07 Å². The highest BCUT2D eigenvalue weighted by molar-refractivity contribution is 7.85. The summed E-state index contributed by atoms with van der Waals surface area (Å²) in [6, 6.07) is 1.96. The van der Waals surface area contributed by atoms with Gasteiger partial charge in [-0.25, -0.2) is 0 Å². The molecule has 0 aromatic heterocycles. The second kappa shape index (κ2) is 4.51. The Morgan fingerprint density at radius 2 is 2.22 bits per heavy atom. The molecule has 1 unspecified atom stereocenters. The molecule has 0 aliphatic carbocycles. The molecule has 0 heterocycles. The molecule has 0 aromatic rings. The highest BCUT2D eigenvalue weighted by Gasteiger charge is 2.02. The van der Waals surface area contributed by atoms with Crippen LogP contribution < -0.4 is 0 Å². The molecule has 0 aliphatic rings. The quantitative estimate of drug-likeness (QED) is 0.595. The van der Waals surface area contributed by atoms with Gasteiger partial charge in [-0.3, -0.25) is 4.21 Å². The molecular weight excluding hydrogens is 134 g/mol. The van der Waals surface area contributed by atoms with E-state index in [1.54, 1.807) is 0 Å². The monoisotopic (exact) mass is 145 g/mol. The summed E-state index contributed by atoms with van der Waals surface area (Å²) in [4.78, 5) is 0. The van der Waals surface area contributed by atoms with Crippen molar-refractivity contribution in [2.45, 2.75) is 25.5 Å². The van der Waals surface area contributed by atoms with E-state index in [-0.39, 0.29) is 5.25 Å². The highest BCUT2D eigenvalue weighted by atomic mass is 32.2. The van der Waals surface area contributed by atoms with E-state index in [1.165, 1.54) is 0 Å². The van der Waals surface area contributed by atoms with Gasteiger partial charge >= 0.3 is 0 Å². The number of hydrogen-bond acceptors (Lipinski definition) is 2. The molecule has 52 valence electrons. The summed E-state index contributed by atoms with van der Waals surface area (Å²) >= 11 is 0. The molecule has 2 nitrogen and oxygen atoms in total. The van der Waals surface area contributed by atoms with Crippen LogP contribution in [0, 0.1) is 11.3 Å². The van der Waals surface area contributed by atoms with Gasteiger partial charge in [0.05, 0.1) is 6.07 Å². The van der Waals surface area contributed by atoms with Crippen molar-refractivity contribution in [2.75, 3.05) is 5.75 Å². The topological polar surface area (TPSA) is 40.9 Å². The summed E-state index contributed by atoms with van der Waals surface area (Å²) in [6.45, 7) is 3.79. The first-order valence-corrected chi connectivity index (χ1v) is 4.30. The number of rotatable bonds is 3. The second-order valence-electron chi connectivity index (χ2n) is 2.04. The molecule has 0 saturated heterocycles. The maximum Gasteiger partial charge on any atom is 0.0631 e. The Morgan fingerprint density at radius 1 is 1.67 bits per heavy atom. The molecule has 9 heavy (non-hydrogen) atoms. The zero-order chi connectivity index (χ0) is 7.28. The fraction of sp³-hybridized carbons (Fsp3) is 0.833. The molecule has 0 radical (unpaired) electrons. The van der Waals surface area contributed by atoms with Gasteiger partial charge in [0.15, 0.2) is 0 Å². The normalized spacial score (nSPS) is 13.1. The van der Waals surface area contributed by atoms with Crippen LogP contribution in [0.1, 0.15) is 20.3 Å². The molecule has 0 bridgehead atoms. The van der Waals surface area contributed by atoms with Crippen molar-refractivity contribution in [3.63, 3.8) is 0 Å². The largest absolute Gasteiger partial charge is 0.259 e. The lowest BCUT2D eigenvalue weighted by molar-refractivity contribution is 0.676. The SMILES string of the molecule is CC(C)S(=O)CCC#N. The van der Waals surface area contributed by atoms with E-state index in [1.807, 2.05) is 19.9 Å². The number of hydrogen-bond donors (Lipinski definition) is 0. The summed E-state index contributed by atoms with van der Waals surface area (Å²) < 4.78 is 10.9.